The molecule has 0 aliphatic carbocycles. The van der Waals surface area contributed by atoms with Gasteiger partial charge in [-0.05, 0) is 29.8 Å². The molecule has 4 nitrogen and oxygen atoms in total. The SMILES string of the molecule is [Ir].[c-]1ccc(-c2ccc(-n3c4ccccc4c4ccccc43)cc2)cc1C1CCCC[N-]1.[c-]1ccccc1C1CCCC[N-]1.[c-]1ccccc1C1CCCC[N-]1. The summed E-state index contributed by atoms with van der Waals surface area (Å²) in [7, 11) is 0. The molecule has 0 amide bonds. The number of rotatable bonds is 5. The molecule has 0 saturated carbocycles. The van der Waals surface area contributed by atoms with Crippen molar-refractivity contribution in [2.45, 2.75) is 75.9 Å². The van der Waals surface area contributed by atoms with E-state index < -0.39 is 0 Å². The molecule has 3 saturated heterocycles. The quantitative estimate of drug-likeness (QED) is 0.155. The van der Waals surface area contributed by atoms with Gasteiger partial charge in [-0.2, -0.15) is 102 Å². The van der Waals surface area contributed by atoms with Gasteiger partial charge < -0.3 is 20.5 Å². The zero-order valence-corrected chi connectivity index (χ0v) is 34.5. The van der Waals surface area contributed by atoms with Gasteiger partial charge in [0.15, 0.2) is 0 Å². The van der Waals surface area contributed by atoms with Crippen LogP contribution in [0.15, 0.2) is 140 Å². The third-order valence-corrected chi connectivity index (χ3v) is 11.1. The van der Waals surface area contributed by atoms with Gasteiger partial charge in [-0.25, -0.2) is 0 Å². The second-order valence-corrected chi connectivity index (χ2v) is 14.8. The van der Waals surface area contributed by atoms with Gasteiger partial charge in [-0.1, -0.05) is 106 Å². The summed E-state index contributed by atoms with van der Waals surface area (Å²) in [5.74, 6) is 0. The Bertz CT molecular complexity index is 2110. The number of hydrogen-bond acceptors (Lipinski definition) is 0. The number of hydrogen-bond donors (Lipinski definition) is 0. The van der Waals surface area contributed by atoms with Crippen LogP contribution in [0, 0.1) is 18.2 Å². The Morgan fingerprint density at radius 1 is 0.429 bits per heavy atom. The Labute approximate surface area is 347 Å². The number of para-hydroxylation sites is 2. The fourth-order valence-corrected chi connectivity index (χ4v) is 8.21. The number of nitrogens with zero attached hydrogens (tertiary/aromatic N) is 4. The molecular weight excluding hydrogens is 861 g/mol. The molecule has 0 bridgehead atoms. The van der Waals surface area contributed by atoms with Crippen molar-refractivity contribution in [3.63, 3.8) is 0 Å². The monoisotopic (exact) mass is 911 g/mol. The van der Waals surface area contributed by atoms with E-state index in [0.717, 1.165) is 26.1 Å². The van der Waals surface area contributed by atoms with E-state index in [9.17, 15) is 0 Å². The molecule has 3 atom stereocenters. The van der Waals surface area contributed by atoms with Gasteiger partial charge in [0.05, 0.1) is 11.0 Å². The second-order valence-electron chi connectivity index (χ2n) is 14.8. The van der Waals surface area contributed by atoms with E-state index >= 15 is 0 Å². The van der Waals surface area contributed by atoms with E-state index in [1.807, 2.05) is 24.3 Å². The first-order valence-corrected chi connectivity index (χ1v) is 20.4. The van der Waals surface area contributed by atoms with Crippen LogP contribution in [0.25, 0.3) is 54.6 Å². The van der Waals surface area contributed by atoms with Crippen molar-refractivity contribution in [1.29, 1.82) is 0 Å². The van der Waals surface area contributed by atoms with Gasteiger partial charge >= 0.3 is 0 Å². The molecule has 6 aromatic carbocycles. The predicted molar refractivity (Wildman–Crippen MR) is 230 cm³/mol. The molecular formula is C51H50IrN4-6. The molecule has 3 aliphatic rings. The largest absolute Gasteiger partial charge is 0.657 e. The maximum absolute atomic E-state index is 4.81. The first kappa shape index (κ1) is 39.9. The summed E-state index contributed by atoms with van der Waals surface area (Å²) < 4.78 is 2.36. The number of benzene rings is 6. The van der Waals surface area contributed by atoms with E-state index in [4.69, 9.17) is 5.32 Å². The summed E-state index contributed by atoms with van der Waals surface area (Å²) in [5.41, 5.74) is 9.89. The van der Waals surface area contributed by atoms with Crippen LogP contribution in [-0.2, 0) is 20.1 Å². The van der Waals surface area contributed by atoms with E-state index in [2.05, 4.69) is 149 Å². The Hall–Kier alpha value is -4.35. The standard InChI is InChI=1S/C29H24N2.2C11H13N.Ir/c1-3-13-28-25(10-1)26-11-2-4-14-29(26)31(28)24-17-15-21(16-18-24)22-8-7-9-23(20-22)27-12-5-6-19-30-27;2*1-2-6-10(7-3-1)11-8-4-5-9-12-11;/h1-4,7-8,10-11,13-18,20,27H,5-6,12,19H2;2*1-3,6,11H,4-5,8-9H2;/q3*-2;. The molecule has 3 aliphatic heterocycles. The molecule has 1 radical (unpaired) electrons. The van der Waals surface area contributed by atoms with Crippen LogP contribution in [-0.4, -0.2) is 24.2 Å². The Morgan fingerprint density at radius 3 is 1.36 bits per heavy atom. The Morgan fingerprint density at radius 2 is 0.893 bits per heavy atom. The number of piperidine rings is 3. The van der Waals surface area contributed by atoms with Crippen molar-refractivity contribution in [2.24, 2.45) is 0 Å². The van der Waals surface area contributed by atoms with Crippen LogP contribution in [0.3, 0.4) is 0 Å². The van der Waals surface area contributed by atoms with Gasteiger partial charge in [0, 0.05) is 36.6 Å². The molecule has 3 fully saturated rings. The molecule has 1 aromatic heterocycles. The first-order valence-electron chi connectivity index (χ1n) is 20.4. The predicted octanol–water partition coefficient (Wildman–Crippen LogP) is 14.0. The molecule has 289 valence electrons. The molecule has 0 N–H and O–H groups in total. The minimum atomic E-state index is 0. The van der Waals surface area contributed by atoms with Crippen LogP contribution in [0.4, 0.5) is 0 Å². The normalized spacial score (nSPS) is 19.5. The van der Waals surface area contributed by atoms with Gasteiger partial charge in [-0.15, -0.1) is 43.3 Å². The third kappa shape index (κ3) is 9.77. The topological polar surface area (TPSA) is 47.2 Å². The van der Waals surface area contributed by atoms with Crippen molar-refractivity contribution in [3.05, 3.63) is 190 Å². The second kappa shape index (κ2) is 20.2. The van der Waals surface area contributed by atoms with E-state index in [1.165, 1.54) is 107 Å². The Balaban J connectivity index is 0.000000157. The van der Waals surface area contributed by atoms with Crippen LogP contribution in [0.5, 0.6) is 0 Å². The van der Waals surface area contributed by atoms with Gasteiger partial charge in [0.2, 0.25) is 0 Å². The fourth-order valence-electron chi connectivity index (χ4n) is 8.21. The van der Waals surface area contributed by atoms with Crippen LogP contribution < -0.4 is 0 Å². The van der Waals surface area contributed by atoms with Gasteiger partial charge in [-0.3, -0.25) is 0 Å². The van der Waals surface area contributed by atoms with Gasteiger partial charge in [0.25, 0.3) is 0 Å². The third-order valence-electron chi connectivity index (χ3n) is 11.1. The van der Waals surface area contributed by atoms with Crippen molar-refractivity contribution < 1.29 is 20.1 Å². The molecule has 3 unspecified atom stereocenters. The summed E-state index contributed by atoms with van der Waals surface area (Å²) >= 11 is 0. The summed E-state index contributed by atoms with van der Waals surface area (Å²) in [6, 6.07) is 60.1. The van der Waals surface area contributed by atoms with Crippen molar-refractivity contribution in [3.8, 4) is 16.8 Å². The number of fused-ring (bicyclic) bond motifs is 3. The maximum atomic E-state index is 4.81. The average Bonchev–Trinajstić information content (AvgIpc) is 3.63. The Kier molecular flexibility index (Phi) is 14.4. The van der Waals surface area contributed by atoms with Crippen molar-refractivity contribution in [2.75, 3.05) is 19.6 Å². The smallest absolute Gasteiger partial charge is 0.0541 e. The number of aromatic nitrogens is 1. The summed E-state index contributed by atoms with van der Waals surface area (Å²) in [4.78, 5) is 0. The van der Waals surface area contributed by atoms with Crippen LogP contribution >= 0.6 is 0 Å². The molecule has 4 heterocycles. The summed E-state index contributed by atoms with van der Waals surface area (Å²) in [5, 5.41) is 16.5. The zero-order valence-electron chi connectivity index (χ0n) is 32.1. The van der Waals surface area contributed by atoms with E-state index in [1.54, 1.807) is 0 Å². The molecule has 56 heavy (non-hydrogen) atoms. The maximum Gasteiger partial charge on any atom is 0.0541 e. The molecule has 0 spiro atoms. The van der Waals surface area contributed by atoms with Crippen molar-refractivity contribution in [1.82, 2.24) is 4.57 Å². The van der Waals surface area contributed by atoms with E-state index in [-0.39, 0.29) is 20.1 Å². The average molecular weight is 911 g/mol. The van der Waals surface area contributed by atoms with E-state index in [0.29, 0.717) is 18.1 Å². The van der Waals surface area contributed by atoms with Crippen molar-refractivity contribution >= 4 is 21.8 Å². The zero-order chi connectivity index (χ0) is 37.1. The molecule has 10 rings (SSSR count). The molecule has 7 aromatic rings. The first-order chi connectivity index (χ1) is 27.3. The molecule has 5 heteroatoms. The fraction of sp³-hybridized carbons (Fsp3) is 0.294. The minimum Gasteiger partial charge on any atom is -0.657 e. The summed E-state index contributed by atoms with van der Waals surface area (Å²) in [6.07, 6.45) is 11.2. The van der Waals surface area contributed by atoms with Crippen LogP contribution in [0.1, 0.15) is 92.6 Å². The van der Waals surface area contributed by atoms with Crippen LogP contribution in [0.2, 0.25) is 0 Å². The van der Waals surface area contributed by atoms with Gasteiger partial charge in [0.1, 0.15) is 0 Å². The minimum absolute atomic E-state index is 0. The summed E-state index contributed by atoms with van der Waals surface area (Å²) in [6.45, 7) is 3.05.